The van der Waals surface area contributed by atoms with Gasteiger partial charge in [0.05, 0.1) is 13.2 Å². The minimum Gasteiger partial charge on any atom is -0.497 e. The van der Waals surface area contributed by atoms with Crippen molar-refractivity contribution in [1.82, 2.24) is 5.32 Å². The molecule has 4 heteroatoms. The fourth-order valence-electron chi connectivity index (χ4n) is 2.87. The molecule has 26 heavy (non-hydrogen) atoms. The molecule has 0 aliphatic carbocycles. The van der Waals surface area contributed by atoms with Crippen LogP contribution in [0.1, 0.15) is 22.7 Å². The van der Waals surface area contributed by atoms with Crippen molar-refractivity contribution in [3.8, 4) is 5.75 Å². The van der Waals surface area contributed by atoms with E-state index in [0.29, 0.717) is 5.11 Å². The molecule has 132 valence electrons. The van der Waals surface area contributed by atoms with E-state index in [1.807, 2.05) is 42.5 Å². The number of hydrogen-bond acceptors (Lipinski definition) is 2. The largest absolute Gasteiger partial charge is 0.497 e. The summed E-state index contributed by atoms with van der Waals surface area (Å²) in [5.74, 6) is 0.816. The topological polar surface area (TPSA) is 33.3 Å². The third-order valence-corrected chi connectivity index (χ3v) is 4.48. The predicted octanol–water partition coefficient (Wildman–Crippen LogP) is 5.08. The van der Waals surface area contributed by atoms with Gasteiger partial charge in [-0.3, -0.25) is 0 Å². The highest BCUT2D eigenvalue weighted by Gasteiger charge is 2.16. The molecule has 0 unspecified atom stereocenters. The number of hydrogen-bond donors (Lipinski definition) is 2. The molecule has 0 bridgehead atoms. The highest BCUT2D eigenvalue weighted by atomic mass is 32.1. The van der Waals surface area contributed by atoms with Gasteiger partial charge in [-0.2, -0.15) is 0 Å². The molecule has 0 heterocycles. The minimum atomic E-state index is -0.0179. The second kappa shape index (κ2) is 8.50. The van der Waals surface area contributed by atoms with E-state index in [2.05, 4.69) is 54.0 Å². The number of ether oxygens (including phenoxy) is 1. The molecule has 0 saturated carbocycles. The summed E-state index contributed by atoms with van der Waals surface area (Å²) in [7, 11) is 1.65. The lowest BCUT2D eigenvalue weighted by Crippen LogP contribution is -2.33. The van der Waals surface area contributed by atoms with E-state index in [1.54, 1.807) is 7.11 Å². The van der Waals surface area contributed by atoms with Gasteiger partial charge >= 0.3 is 0 Å². The standard InChI is InChI=1S/C22H22N2OS/c1-16-8-6-7-11-20(16)21(17-9-4-3-5-10-17)24-22(26)23-18-12-14-19(25-2)15-13-18/h3-15,21H,1-2H3,(H2,23,24,26)/t21-/m0/s1. The van der Waals surface area contributed by atoms with Crippen molar-refractivity contribution in [3.63, 3.8) is 0 Å². The van der Waals surface area contributed by atoms with E-state index in [1.165, 1.54) is 16.7 Å². The van der Waals surface area contributed by atoms with Crippen LogP contribution in [0.5, 0.6) is 5.75 Å². The molecule has 3 nitrogen and oxygen atoms in total. The van der Waals surface area contributed by atoms with Crippen molar-refractivity contribution in [2.45, 2.75) is 13.0 Å². The van der Waals surface area contributed by atoms with Crippen LogP contribution in [0.3, 0.4) is 0 Å². The molecule has 3 aromatic rings. The number of anilines is 1. The zero-order chi connectivity index (χ0) is 18.4. The van der Waals surface area contributed by atoms with Crippen LogP contribution in [0.25, 0.3) is 0 Å². The average molecular weight is 362 g/mol. The molecule has 0 aliphatic rings. The lowest BCUT2D eigenvalue weighted by molar-refractivity contribution is 0.415. The van der Waals surface area contributed by atoms with Crippen LogP contribution in [0, 0.1) is 6.92 Å². The summed E-state index contributed by atoms with van der Waals surface area (Å²) in [6.07, 6.45) is 0. The number of benzene rings is 3. The molecule has 3 rings (SSSR count). The van der Waals surface area contributed by atoms with Crippen molar-refractivity contribution in [2.75, 3.05) is 12.4 Å². The Morgan fingerprint density at radius 1 is 0.885 bits per heavy atom. The Labute approximate surface area is 160 Å². The van der Waals surface area contributed by atoms with Gasteiger partial charge < -0.3 is 15.4 Å². The zero-order valence-corrected chi connectivity index (χ0v) is 15.7. The Balaban J connectivity index is 1.81. The molecule has 3 aromatic carbocycles. The van der Waals surface area contributed by atoms with E-state index < -0.39 is 0 Å². The van der Waals surface area contributed by atoms with Gasteiger partial charge in [0, 0.05) is 5.69 Å². The van der Waals surface area contributed by atoms with Gasteiger partial charge in [-0.25, -0.2) is 0 Å². The van der Waals surface area contributed by atoms with Gasteiger partial charge in [-0.05, 0) is 60.1 Å². The summed E-state index contributed by atoms with van der Waals surface area (Å²) >= 11 is 5.56. The molecule has 0 amide bonds. The van der Waals surface area contributed by atoms with Crippen LogP contribution in [0.15, 0.2) is 78.9 Å². The second-order valence-electron chi connectivity index (χ2n) is 6.03. The summed E-state index contributed by atoms with van der Waals surface area (Å²) in [5, 5.41) is 7.28. The maximum absolute atomic E-state index is 5.56. The molecule has 0 fully saturated rings. The van der Waals surface area contributed by atoms with Crippen LogP contribution >= 0.6 is 12.2 Å². The number of aryl methyl sites for hydroxylation is 1. The van der Waals surface area contributed by atoms with E-state index in [0.717, 1.165) is 11.4 Å². The normalized spacial score (nSPS) is 11.5. The molecule has 0 radical (unpaired) electrons. The monoisotopic (exact) mass is 362 g/mol. The van der Waals surface area contributed by atoms with Gasteiger partial charge in [-0.15, -0.1) is 0 Å². The molecule has 0 aliphatic heterocycles. The maximum Gasteiger partial charge on any atom is 0.171 e. The van der Waals surface area contributed by atoms with Gasteiger partial charge in [-0.1, -0.05) is 54.6 Å². The smallest absolute Gasteiger partial charge is 0.171 e. The first-order valence-electron chi connectivity index (χ1n) is 8.49. The fourth-order valence-corrected chi connectivity index (χ4v) is 3.11. The highest BCUT2D eigenvalue weighted by Crippen LogP contribution is 2.25. The Morgan fingerprint density at radius 3 is 2.19 bits per heavy atom. The highest BCUT2D eigenvalue weighted by molar-refractivity contribution is 7.80. The van der Waals surface area contributed by atoms with Crippen molar-refractivity contribution in [3.05, 3.63) is 95.6 Å². The molecule has 0 spiro atoms. The van der Waals surface area contributed by atoms with Crippen LogP contribution in [-0.2, 0) is 0 Å². The first-order chi connectivity index (χ1) is 12.7. The van der Waals surface area contributed by atoms with Gasteiger partial charge in [0.1, 0.15) is 5.75 Å². The predicted molar refractivity (Wildman–Crippen MR) is 112 cm³/mol. The van der Waals surface area contributed by atoms with E-state index in [9.17, 15) is 0 Å². The third-order valence-electron chi connectivity index (χ3n) is 4.26. The van der Waals surface area contributed by atoms with Crippen LogP contribution < -0.4 is 15.4 Å². The number of methoxy groups -OCH3 is 1. The summed E-state index contributed by atoms with van der Waals surface area (Å²) in [5.41, 5.74) is 4.51. The SMILES string of the molecule is COc1ccc(NC(=S)N[C@@H](c2ccccc2)c2ccccc2C)cc1. The second-order valence-corrected chi connectivity index (χ2v) is 6.44. The first kappa shape index (κ1) is 18.0. The number of rotatable bonds is 5. The molecule has 2 N–H and O–H groups in total. The summed E-state index contributed by atoms with van der Waals surface area (Å²) in [6.45, 7) is 2.12. The van der Waals surface area contributed by atoms with Crippen molar-refractivity contribution < 1.29 is 4.74 Å². The Hall–Kier alpha value is -2.85. The van der Waals surface area contributed by atoms with E-state index in [4.69, 9.17) is 17.0 Å². The Morgan fingerprint density at radius 2 is 1.54 bits per heavy atom. The number of thiocarbonyl (C=S) groups is 1. The van der Waals surface area contributed by atoms with Crippen molar-refractivity contribution in [1.29, 1.82) is 0 Å². The summed E-state index contributed by atoms with van der Waals surface area (Å²) < 4.78 is 5.19. The third kappa shape index (κ3) is 4.41. The van der Waals surface area contributed by atoms with Crippen LogP contribution in [0.2, 0.25) is 0 Å². The minimum absolute atomic E-state index is 0.0179. The maximum atomic E-state index is 5.56. The van der Waals surface area contributed by atoms with Crippen molar-refractivity contribution >= 4 is 23.0 Å². The molecule has 0 aromatic heterocycles. The average Bonchev–Trinajstić information content (AvgIpc) is 2.68. The molecular formula is C22H22N2OS. The Kier molecular flexibility index (Phi) is 5.87. The summed E-state index contributed by atoms with van der Waals surface area (Å²) in [4.78, 5) is 0. The Bertz CT molecular complexity index is 863. The fraction of sp³-hybridized carbons (Fsp3) is 0.136. The molecular weight excluding hydrogens is 340 g/mol. The lowest BCUT2D eigenvalue weighted by atomic mass is 9.95. The van der Waals surface area contributed by atoms with Gasteiger partial charge in [0.25, 0.3) is 0 Å². The van der Waals surface area contributed by atoms with Crippen LogP contribution in [-0.4, -0.2) is 12.2 Å². The quantitative estimate of drug-likeness (QED) is 0.620. The van der Waals surface area contributed by atoms with E-state index in [-0.39, 0.29) is 6.04 Å². The first-order valence-corrected chi connectivity index (χ1v) is 8.90. The van der Waals surface area contributed by atoms with E-state index >= 15 is 0 Å². The van der Waals surface area contributed by atoms with Gasteiger partial charge in [0.2, 0.25) is 0 Å². The molecule has 0 saturated heterocycles. The number of nitrogens with one attached hydrogen (secondary N) is 2. The van der Waals surface area contributed by atoms with Gasteiger partial charge in [0.15, 0.2) is 5.11 Å². The van der Waals surface area contributed by atoms with Crippen LogP contribution in [0.4, 0.5) is 5.69 Å². The zero-order valence-electron chi connectivity index (χ0n) is 14.9. The summed E-state index contributed by atoms with van der Waals surface area (Å²) in [6, 6.07) is 26.4. The molecule has 1 atom stereocenters. The lowest BCUT2D eigenvalue weighted by Gasteiger charge is -2.23. The van der Waals surface area contributed by atoms with Crippen molar-refractivity contribution in [2.24, 2.45) is 0 Å².